The molecule has 0 saturated heterocycles. The maximum Gasteiger partial charge on any atom is 0.137 e. The first-order valence-electron chi connectivity index (χ1n) is 6.11. The van der Waals surface area contributed by atoms with E-state index < -0.39 is 0 Å². The molecule has 6 heteroatoms. The van der Waals surface area contributed by atoms with Gasteiger partial charge in [-0.2, -0.15) is 5.10 Å². The molecule has 0 radical (unpaired) electrons. The number of nitrogens with two attached hydrogens (primary N) is 1. The maximum atomic E-state index is 9.00. The Labute approximate surface area is 114 Å². The van der Waals surface area contributed by atoms with Crippen LogP contribution < -0.4 is 10.6 Å². The largest absolute Gasteiger partial charge is 0.396 e. The van der Waals surface area contributed by atoms with Crippen LogP contribution in [0.25, 0.3) is 0 Å². The quantitative estimate of drug-likeness (QED) is 0.754. The van der Waals surface area contributed by atoms with Gasteiger partial charge in [-0.3, -0.25) is 4.68 Å². The molecule has 0 atom stereocenters. The highest BCUT2D eigenvalue weighted by Gasteiger charge is 2.22. The first-order valence-corrected chi connectivity index (χ1v) is 6.51. The van der Waals surface area contributed by atoms with E-state index in [1.165, 1.54) is 0 Å². The maximum absolute atomic E-state index is 9.00. The molecule has 0 bridgehead atoms. The summed E-state index contributed by atoms with van der Waals surface area (Å²) < 4.78 is 1.81. The van der Waals surface area contributed by atoms with Gasteiger partial charge in [0.05, 0.1) is 11.3 Å². The fourth-order valence-electron chi connectivity index (χ4n) is 2.11. The van der Waals surface area contributed by atoms with Crippen molar-refractivity contribution in [3.63, 3.8) is 0 Å². The third-order valence-corrected chi connectivity index (χ3v) is 3.09. The lowest BCUT2D eigenvalue weighted by atomic mass is 10.2. The molecule has 3 N–H and O–H groups in total. The first-order chi connectivity index (χ1) is 8.40. The lowest BCUT2D eigenvalue weighted by Gasteiger charge is -2.29. The summed E-state index contributed by atoms with van der Waals surface area (Å²) in [7, 11) is 1.89. The summed E-state index contributed by atoms with van der Waals surface area (Å²) in [5.74, 6) is 0.934. The van der Waals surface area contributed by atoms with E-state index in [0.29, 0.717) is 17.5 Å². The number of hydrogen-bond acceptors (Lipinski definition) is 4. The standard InChI is InChI=1S/C12H22N4OS/c1-8(2)16(6-5-7-17)12-10(11(13)18)9(3)14-15(12)4/h8,17H,5-7H2,1-4H3,(H2,13,18). The van der Waals surface area contributed by atoms with Crippen molar-refractivity contribution in [1.29, 1.82) is 0 Å². The number of hydrogen-bond donors (Lipinski definition) is 2. The van der Waals surface area contributed by atoms with Gasteiger partial charge < -0.3 is 15.7 Å². The monoisotopic (exact) mass is 270 g/mol. The molecule has 5 nitrogen and oxygen atoms in total. The normalized spacial score (nSPS) is 11.0. The van der Waals surface area contributed by atoms with Gasteiger partial charge >= 0.3 is 0 Å². The van der Waals surface area contributed by atoms with Crippen LogP contribution in [0.2, 0.25) is 0 Å². The van der Waals surface area contributed by atoms with Crippen molar-refractivity contribution < 1.29 is 5.11 Å². The van der Waals surface area contributed by atoms with Crippen molar-refractivity contribution in [2.75, 3.05) is 18.1 Å². The Kier molecular flexibility index (Phi) is 5.10. The summed E-state index contributed by atoms with van der Waals surface area (Å²) in [6, 6.07) is 0.291. The Morgan fingerprint density at radius 3 is 2.61 bits per heavy atom. The molecule has 0 aliphatic carbocycles. The predicted molar refractivity (Wildman–Crippen MR) is 78.0 cm³/mol. The minimum absolute atomic E-state index is 0.169. The van der Waals surface area contributed by atoms with Gasteiger partial charge in [0.2, 0.25) is 0 Å². The number of aromatic nitrogens is 2. The zero-order valence-electron chi connectivity index (χ0n) is 11.5. The average Bonchev–Trinajstić information content (AvgIpc) is 2.54. The van der Waals surface area contributed by atoms with E-state index in [2.05, 4.69) is 23.8 Å². The van der Waals surface area contributed by atoms with E-state index in [-0.39, 0.29) is 6.61 Å². The van der Waals surface area contributed by atoms with Gasteiger partial charge in [0.1, 0.15) is 10.8 Å². The molecule has 1 aromatic rings. The second-order valence-corrected chi connectivity index (χ2v) is 5.08. The van der Waals surface area contributed by atoms with Crippen molar-refractivity contribution in [2.24, 2.45) is 12.8 Å². The van der Waals surface area contributed by atoms with E-state index in [0.717, 1.165) is 23.6 Å². The number of aliphatic hydroxyl groups excluding tert-OH is 1. The van der Waals surface area contributed by atoms with Crippen LogP contribution in [0.3, 0.4) is 0 Å². The smallest absolute Gasteiger partial charge is 0.137 e. The molecule has 0 fully saturated rings. The van der Waals surface area contributed by atoms with E-state index in [9.17, 15) is 0 Å². The van der Waals surface area contributed by atoms with Crippen LogP contribution >= 0.6 is 12.2 Å². The van der Waals surface area contributed by atoms with Gasteiger partial charge in [0, 0.05) is 26.2 Å². The molecule has 0 saturated carbocycles. The van der Waals surface area contributed by atoms with Crippen molar-refractivity contribution in [1.82, 2.24) is 9.78 Å². The SMILES string of the molecule is Cc1nn(C)c(N(CCCO)C(C)C)c1C(N)=S. The molecular formula is C12H22N4OS. The molecule has 0 amide bonds. The molecule has 1 heterocycles. The number of anilines is 1. The highest BCUT2D eigenvalue weighted by atomic mass is 32.1. The minimum atomic E-state index is 0.169. The third kappa shape index (κ3) is 3.00. The van der Waals surface area contributed by atoms with E-state index in [1.54, 1.807) is 4.68 Å². The fourth-order valence-corrected chi connectivity index (χ4v) is 2.35. The van der Waals surface area contributed by atoms with Gasteiger partial charge in [-0.25, -0.2) is 0 Å². The summed E-state index contributed by atoms with van der Waals surface area (Å²) in [4.78, 5) is 2.54. The Morgan fingerprint density at radius 2 is 2.17 bits per heavy atom. The van der Waals surface area contributed by atoms with E-state index >= 15 is 0 Å². The van der Waals surface area contributed by atoms with Crippen LogP contribution in [-0.4, -0.2) is 39.1 Å². The third-order valence-electron chi connectivity index (χ3n) is 2.89. The van der Waals surface area contributed by atoms with Crippen LogP contribution in [0.4, 0.5) is 5.82 Å². The van der Waals surface area contributed by atoms with E-state index in [1.807, 2.05) is 14.0 Å². The molecule has 0 spiro atoms. The van der Waals surface area contributed by atoms with Crippen LogP contribution in [-0.2, 0) is 7.05 Å². The molecule has 0 aliphatic heterocycles. The van der Waals surface area contributed by atoms with Gasteiger partial charge in [0.25, 0.3) is 0 Å². The van der Waals surface area contributed by atoms with Crippen molar-refractivity contribution in [3.05, 3.63) is 11.3 Å². The summed E-state index contributed by atoms with van der Waals surface area (Å²) >= 11 is 5.12. The topological polar surface area (TPSA) is 67.3 Å². The van der Waals surface area contributed by atoms with Crippen molar-refractivity contribution >= 4 is 23.0 Å². The number of nitrogens with zero attached hydrogens (tertiary/aromatic N) is 3. The highest BCUT2D eigenvalue weighted by molar-refractivity contribution is 7.80. The Hall–Kier alpha value is -1.14. The molecule has 0 aromatic carbocycles. The zero-order chi connectivity index (χ0) is 13.9. The summed E-state index contributed by atoms with van der Waals surface area (Å²) in [5, 5.41) is 13.4. The van der Waals surface area contributed by atoms with E-state index in [4.69, 9.17) is 23.1 Å². The van der Waals surface area contributed by atoms with Crippen LogP contribution in [0, 0.1) is 6.92 Å². The minimum Gasteiger partial charge on any atom is -0.396 e. The summed E-state index contributed by atoms with van der Waals surface area (Å²) in [6.45, 7) is 7.03. The second kappa shape index (κ2) is 6.15. The summed E-state index contributed by atoms with van der Waals surface area (Å²) in [5.41, 5.74) is 7.47. The molecular weight excluding hydrogens is 248 g/mol. The molecule has 0 unspecified atom stereocenters. The Balaban J connectivity index is 3.22. The molecule has 1 rings (SSSR count). The van der Waals surface area contributed by atoms with Gasteiger partial charge in [-0.1, -0.05) is 12.2 Å². The number of aliphatic hydroxyl groups is 1. The zero-order valence-corrected chi connectivity index (χ0v) is 12.3. The van der Waals surface area contributed by atoms with Crippen molar-refractivity contribution in [2.45, 2.75) is 33.2 Å². The van der Waals surface area contributed by atoms with Gasteiger partial charge in [0.15, 0.2) is 0 Å². The van der Waals surface area contributed by atoms with Crippen LogP contribution in [0.1, 0.15) is 31.5 Å². The van der Waals surface area contributed by atoms with Gasteiger partial charge in [-0.05, 0) is 27.2 Å². The lowest BCUT2D eigenvalue weighted by Crippen LogP contribution is -2.35. The van der Waals surface area contributed by atoms with Crippen LogP contribution in [0.5, 0.6) is 0 Å². The second-order valence-electron chi connectivity index (χ2n) is 4.64. The predicted octanol–water partition coefficient (Wildman–Crippen LogP) is 0.960. The van der Waals surface area contributed by atoms with Crippen LogP contribution in [0.15, 0.2) is 0 Å². The summed E-state index contributed by atoms with van der Waals surface area (Å²) in [6.07, 6.45) is 0.708. The molecule has 1 aromatic heterocycles. The molecule has 18 heavy (non-hydrogen) atoms. The average molecular weight is 270 g/mol. The van der Waals surface area contributed by atoms with Gasteiger partial charge in [-0.15, -0.1) is 0 Å². The fraction of sp³-hybridized carbons (Fsp3) is 0.667. The Morgan fingerprint density at radius 1 is 1.56 bits per heavy atom. The molecule has 0 aliphatic rings. The molecule has 102 valence electrons. The van der Waals surface area contributed by atoms with Crippen molar-refractivity contribution in [3.8, 4) is 0 Å². The number of rotatable bonds is 6. The first kappa shape index (κ1) is 14.9. The lowest BCUT2D eigenvalue weighted by molar-refractivity contribution is 0.288. The highest BCUT2D eigenvalue weighted by Crippen LogP contribution is 2.25. The number of aryl methyl sites for hydroxylation is 2. The number of thiocarbonyl (C=S) groups is 1. The Bertz CT molecular complexity index is 428.